The molecule has 0 aliphatic heterocycles. The normalized spacial score (nSPS) is 10.6. The van der Waals surface area contributed by atoms with Gasteiger partial charge in [-0.15, -0.1) is 0 Å². The van der Waals surface area contributed by atoms with Gasteiger partial charge in [-0.25, -0.2) is 4.98 Å². The fourth-order valence-electron chi connectivity index (χ4n) is 1.11. The standard InChI is InChI=1S/C9H5BrClNO/c10-6-1-2-7-5(3-6)4-8(13)9(11)12-7/h1-4,13H. The molecular formula is C9H5BrClNO. The Morgan fingerprint density at radius 3 is 2.85 bits per heavy atom. The number of fused-ring (bicyclic) bond motifs is 1. The van der Waals surface area contributed by atoms with E-state index in [0.29, 0.717) is 0 Å². The van der Waals surface area contributed by atoms with Gasteiger partial charge in [0.25, 0.3) is 0 Å². The van der Waals surface area contributed by atoms with Crippen LogP contribution < -0.4 is 0 Å². The Morgan fingerprint density at radius 1 is 1.31 bits per heavy atom. The van der Waals surface area contributed by atoms with Crippen molar-refractivity contribution in [1.82, 2.24) is 4.98 Å². The highest BCUT2D eigenvalue weighted by Gasteiger charge is 2.02. The van der Waals surface area contributed by atoms with Crippen LogP contribution in [0, 0.1) is 0 Å². The average Bonchev–Trinajstić information content (AvgIpc) is 2.08. The van der Waals surface area contributed by atoms with E-state index in [2.05, 4.69) is 20.9 Å². The third-order valence-corrected chi connectivity index (χ3v) is 2.48. The minimum Gasteiger partial charge on any atom is -0.505 e. The molecule has 0 amide bonds. The fraction of sp³-hybridized carbons (Fsp3) is 0. The summed E-state index contributed by atoms with van der Waals surface area (Å²) in [7, 11) is 0. The van der Waals surface area contributed by atoms with Gasteiger partial charge in [0.15, 0.2) is 10.9 Å². The zero-order valence-electron chi connectivity index (χ0n) is 6.46. The molecule has 0 aliphatic carbocycles. The number of hydrogen-bond donors (Lipinski definition) is 1. The molecule has 2 rings (SSSR count). The Bertz CT molecular complexity index is 472. The fourth-order valence-corrected chi connectivity index (χ4v) is 1.64. The molecule has 0 saturated carbocycles. The summed E-state index contributed by atoms with van der Waals surface area (Å²) >= 11 is 8.99. The summed E-state index contributed by atoms with van der Waals surface area (Å²) < 4.78 is 0.948. The molecule has 1 aromatic heterocycles. The van der Waals surface area contributed by atoms with Crippen molar-refractivity contribution in [3.63, 3.8) is 0 Å². The largest absolute Gasteiger partial charge is 0.505 e. The van der Waals surface area contributed by atoms with Crippen molar-refractivity contribution in [2.24, 2.45) is 0 Å². The minimum absolute atomic E-state index is 0.00673. The molecule has 1 aromatic carbocycles. The molecule has 0 aliphatic rings. The van der Waals surface area contributed by atoms with Crippen LogP contribution in [-0.4, -0.2) is 10.1 Å². The maximum absolute atomic E-state index is 9.30. The Hall–Kier alpha value is -0.800. The molecule has 13 heavy (non-hydrogen) atoms. The third-order valence-electron chi connectivity index (χ3n) is 1.71. The first-order valence-corrected chi connectivity index (χ1v) is 4.79. The van der Waals surface area contributed by atoms with Crippen LogP contribution in [0.5, 0.6) is 5.75 Å². The van der Waals surface area contributed by atoms with Crippen LogP contribution in [0.3, 0.4) is 0 Å². The van der Waals surface area contributed by atoms with Gasteiger partial charge in [0.2, 0.25) is 0 Å². The molecule has 0 radical (unpaired) electrons. The number of pyridine rings is 1. The van der Waals surface area contributed by atoms with Crippen LogP contribution in [-0.2, 0) is 0 Å². The van der Waals surface area contributed by atoms with E-state index in [1.165, 1.54) is 0 Å². The lowest BCUT2D eigenvalue weighted by Gasteiger charge is -2.00. The molecule has 0 bridgehead atoms. The van der Waals surface area contributed by atoms with Gasteiger partial charge < -0.3 is 5.11 Å². The van der Waals surface area contributed by atoms with E-state index in [1.807, 2.05) is 18.2 Å². The van der Waals surface area contributed by atoms with E-state index >= 15 is 0 Å². The highest BCUT2D eigenvalue weighted by Crippen LogP contribution is 2.27. The molecule has 1 heterocycles. The van der Waals surface area contributed by atoms with Crippen LogP contribution in [0.4, 0.5) is 0 Å². The maximum Gasteiger partial charge on any atom is 0.171 e. The highest BCUT2D eigenvalue weighted by molar-refractivity contribution is 9.10. The number of aromatic hydroxyl groups is 1. The summed E-state index contributed by atoms with van der Waals surface area (Å²) in [6.07, 6.45) is 0. The van der Waals surface area contributed by atoms with Crippen molar-refractivity contribution >= 4 is 38.4 Å². The second-order valence-electron chi connectivity index (χ2n) is 2.64. The van der Waals surface area contributed by atoms with E-state index in [9.17, 15) is 5.11 Å². The second-order valence-corrected chi connectivity index (χ2v) is 3.91. The molecule has 1 N–H and O–H groups in total. The van der Waals surface area contributed by atoms with Gasteiger partial charge in [0.1, 0.15) is 0 Å². The molecule has 0 fully saturated rings. The summed E-state index contributed by atoms with van der Waals surface area (Å²) in [5, 5.41) is 10.3. The van der Waals surface area contributed by atoms with Crippen molar-refractivity contribution in [3.05, 3.63) is 33.9 Å². The zero-order chi connectivity index (χ0) is 9.42. The van der Waals surface area contributed by atoms with Gasteiger partial charge in [-0.05, 0) is 24.3 Å². The lowest BCUT2D eigenvalue weighted by molar-refractivity contribution is 0.474. The maximum atomic E-state index is 9.30. The SMILES string of the molecule is Oc1cc2cc(Br)ccc2nc1Cl. The topological polar surface area (TPSA) is 33.1 Å². The van der Waals surface area contributed by atoms with Gasteiger partial charge in [0, 0.05) is 9.86 Å². The summed E-state index contributed by atoms with van der Waals surface area (Å²) in [6.45, 7) is 0. The lowest BCUT2D eigenvalue weighted by Crippen LogP contribution is -1.80. The molecule has 0 spiro atoms. The molecule has 2 aromatic rings. The monoisotopic (exact) mass is 257 g/mol. The Labute approximate surface area is 88.3 Å². The smallest absolute Gasteiger partial charge is 0.171 e. The van der Waals surface area contributed by atoms with Crippen molar-refractivity contribution in [1.29, 1.82) is 0 Å². The average molecular weight is 259 g/mol. The molecule has 66 valence electrons. The van der Waals surface area contributed by atoms with Crippen molar-refractivity contribution in [2.75, 3.05) is 0 Å². The summed E-state index contributed by atoms with van der Waals surface area (Å²) in [5.74, 6) is 0.00673. The van der Waals surface area contributed by atoms with E-state index in [4.69, 9.17) is 11.6 Å². The number of rotatable bonds is 0. The number of benzene rings is 1. The molecule has 0 unspecified atom stereocenters. The number of aromatic nitrogens is 1. The van der Waals surface area contributed by atoms with E-state index < -0.39 is 0 Å². The predicted octanol–water partition coefficient (Wildman–Crippen LogP) is 3.36. The van der Waals surface area contributed by atoms with Crippen molar-refractivity contribution in [2.45, 2.75) is 0 Å². The van der Waals surface area contributed by atoms with E-state index in [0.717, 1.165) is 15.4 Å². The summed E-state index contributed by atoms with van der Waals surface area (Å²) in [4.78, 5) is 4.01. The number of nitrogens with zero attached hydrogens (tertiary/aromatic N) is 1. The first-order valence-electron chi connectivity index (χ1n) is 3.61. The minimum atomic E-state index is 0.00673. The van der Waals surface area contributed by atoms with E-state index in [1.54, 1.807) is 6.07 Å². The van der Waals surface area contributed by atoms with Crippen molar-refractivity contribution < 1.29 is 5.11 Å². The molecule has 0 saturated heterocycles. The summed E-state index contributed by atoms with van der Waals surface area (Å²) in [5.41, 5.74) is 0.769. The predicted molar refractivity (Wildman–Crippen MR) is 56.1 cm³/mol. The van der Waals surface area contributed by atoms with Gasteiger partial charge in [-0.1, -0.05) is 27.5 Å². The Balaban J connectivity index is 2.81. The van der Waals surface area contributed by atoms with Crippen LogP contribution in [0.15, 0.2) is 28.7 Å². The Morgan fingerprint density at radius 2 is 2.08 bits per heavy atom. The van der Waals surface area contributed by atoms with Gasteiger partial charge in [-0.2, -0.15) is 0 Å². The number of hydrogen-bond acceptors (Lipinski definition) is 2. The van der Waals surface area contributed by atoms with E-state index in [-0.39, 0.29) is 10.9 Å². The van der Waals surface area contributed by atoms with Crippen LogP contribution in [0.1, 0.15) is 0 Å². The third kappa shape index (κ3) is 1.62. The lowest BCUT2D eigenvalue weighted by atomic mass is 10.2. The zero-order valence-corrected chi connectivity index (χ0v) is 8.80. The van der Waals surface area contributed by atoms with Crippen LogP contribution in [0.25, 0.3) is 10.9 Å². The first kappa shape index (κ1) is 8.78. The summed E-state index contributed by atoms with van der Waals surface area (Å²) in [6, 6.07) is 7.18. The highest BCUT2D eigenvalue weighted by atomic mass is 79.9. The van der Waals surface area contributed by atoms with Gasteiger partial charge in [0.05, 0.1) is 5.52 Å². The number of halogens is 2. The quantitative estimate of drug-likeness (QED) is 0.735. The molecular weight excluding hydrogens is 253 g/mol. The Kier molecular flexibility index (Phi) is 2.14. The van der Waals surface area contributed by atoms with Gasteiger partial charge >= 0.3 is 0 Å². The van der Waals surface area contributed by atoms with Gasteiger partial charge in [-0.3, -0.25) is 0 Å². The van der Waals surface area contributed by atoms with Crippen LogP contribution >= 0.6 is 27.5 Å². The second kappa shape index (κ2) is 3.16. The molecule has 2 nitrogen and oxygen atoms in total. The molecule has 0 atom stereocenters. The first-order chi connectivity index (χ1) is 6.16. The molecule has 4 heteroatoms. The van der Waals surface area contributed by atoms with Crippen LogP contribution in [0.2, 0.25) is 5.15 Å². The van der Waals surface area contributed by atoms with Crippen molar-refractivity contribution in [3.8, 4) is 5.75 Å².